The molecule has 2 saturated carbocycles. The molecule has 0 radical (unpaired) electrons. The summed E-state index contributed by atoms with van der Waals surface area (Å²) in [7, 11) is 0. The molecule has 0 spiro atoms. The quantitative estimate of drug-likeness (QED) is 0.151. The van der Waals surface area contributed by atoms with Crippen LogP contribution in [0.15, 0.2) is 9.05 Å². The van der Waals surface area contributed by atoms with Crippen LogP contribution in [0.1, 0.15) is 199 Å². The Morgan fingerprint density at radius 1 is 0.796 bits per heavy atom. The van der Waals surface area contributed by atoms with Crippen molar-refractivity contribution in [1.82, 2.24) is 20.3 Å². The van der Waals surface area contributed by atoms with Crippen LogP contribution in [0.25, 0.3) is 0 Å². The Labute approximate surface area is 295 Å². The number of ether oxygens (including phenoxy) is 1. The van der Waals surface area contributed by atoms with Gasteiger partial charge in [-0.2, -0.15) is 9.97 Å². The van der Waals surface area contributed by atoms with E-state index in [0.29, 0.717) is 29.9 Å². The summed E-state index contributed by atoms with van der Waals surface area (Å²) in [6.45, 7) is 12.0. The first-order chi connectivity index (χ1) is 23.4. The number of hydrogen-bond acceptors (Lipinski definition) is 9. The summed E-state index contributed by atoms with van der Waals surface area (Å²) >= 11 is 0. The van der Waals surface area contributed by atoms with E-state index in [4.69, 9.17) is 18.9 Å². The van der Waals surface area contributed by atoms with Crippen molar-refractivity contribution in [3.05, 3.63) is 23.4 Å². The summed E-state index contributed by atoms with van der Waals surface area (Å²) in [5, 5.41) is 17.2. The molecule has 4 rings (SSSR count). The first-order valence-electron chi connectivity index (χ1n) is 19.5. The number of carboxylic acids is 1. The van der Waals surface area contributed by atoms with Crippen LogP contribution in [0.4, 0.5) is 0 Å². The van der Waals surface area contributed by atoms with Gasteiger partial charge in [-0.3, -0.25) is 9.59 Å². The maximum atomic E-state index is 12.4. The molecule has 0 unspecified atom stereocenters. The molecule has 2 fully saturated rings. The second-order valence-corrected chi connectivity index (χ2v) is 16.1. The van der Waals surface area contributed by atoms with E-state index >= 15 is 0 Å². The fourth-order valence-corrected chi connectivity index (χ4v) is 7.32. The fourth-order valence-electron chi connectivity index (χ4n) is 7.32. The summed E-state index contributed by atoms with van der Waals surface area (Å²) < 4.78 is 16.4. The van der Waals surface area contributed by atoms with Gasteiger partial charge in [0.15, 0.2) is 11.6 Å². The molecule has 278 valence electrons. The summed E-state index contributed by atoms with van der Waals surface area (Å²) in [6, 6.07) is 0. The van der Waals surface area contributed by atoms with E-state index < -0.39 is 11.6 Å². The Kier molecular flexibility index (Phi) is 17.8. The van der Waals surface area contributed by atoms with Crippen molar-refractivity contribution in [1.29, 1.82) is 0 Å². The molecule has 2 aliphatic carbocycles. The van der Waals surface area contributed by atoms with Crippen molar-refractivity contribution >= 4 is 11.9 Å². The van der Waals surface area contributed by atoms with Gasteiger partial charge in [0, 0.05) is 24.7 Å². The van der Waals surface area contributed by atoms with Gasteiger partial charge in [-0.25, -0.2) is 0 Å². The third kappa shape index (κ3) is 16.7. The molecule has 0 aliphatic heterocycles. The second kappa shape index (κ2) is 21.4. The van der Waals surface area contributed by atoms with E-state index in [0.717, 1.165) is 62.6 Å². The average molecular weight is 687 g/mol. The van der Waals surface area contributed by atoms with E-state index in [1.54, 1.807) is 0 Å². The van der Waals surface area contributed by atoms with Gasteiger partial charge in [-0.05, 0) is 57.8 Å². The maximum absolute atomic E-state index is 12.4. The number of carbonyl (C=O) groups is 2. The lowest BCUT2D eigenvalue weighted by atomic mass is 9.84. The topological polar surface area (TPSA) is 141 Å². The van der Waals surface area contributed by atoms with E-state index in [1.807, 2.05) is 20.8 Å². The molecule has 10 nitrogen and oxygen atoms in total. The number of carbonyl (C=O) groups excluding carboxylic acids is 1. The molecular formula is C39H66N4O6. The molecule has 0 amide bonds. The smallest absolute Gasteiger partial charge is 0.307 e. The number of hydrogen-bond donors (Lipinski definition) is 1. The summed E-state index contributed by atoms with van der Waals surface area (Å²) in [5.74, 6) is 3.53. The van der Waals surface area contributed by atoms with E-state index in [2.05, 4.69) is 41.1 Å². The Bertz CT molecular complexity index is 1210. The van der Waals surface area contributed by atoms with E-state index in [1.165, 1.54) is 77.0 Å². The fraction of sp³-hybridized carbons (Fsp3) is 0.846. The van der Waals surface area contributed by atoms with E-state index in [9.17, 15) is 9.59 Å². The van der Waals surface area contributed by atoms with Crippen molar-refractivity contribution in [2.75, 3.05) is 0 Å². The maximum Gasteiger partial charge on any atom is 0.307 e. The van der Waals surface area contributed by atoms with Gasteiger partial charge in [-0.1, -0.05) is 121 Å². The van der Waals surface area contributed by atoms with Gasteiger partial charge in [0.25, 0.3) is 0 Å². The molecular weight excluding hydrogens is 620 g/mol. The first kappa shape index (κ1) is 40.6. The van der Waals surface area contributed by atoms with Crippen LogP contribution in [0.3, 0.4) is 0 Å². The predicted octanol–water partition coefficient (Wildman–Crippen LogP) is 10.2. The zero-order chi connectivity index (χ0) is 35.6. The standard InChI is InChI=1S/C22H38N2O3.C17H28N2O3/c1-16(2)14-19-23-21(27-24-19)18(15-20(25)26-22(3,4)5)13-9-12-17-10-7-6-8-11-17;1-2-7-15-18-17(22-19-15)14(12-16(20)21)11-6-10-13-8-4-3-5-9-13/h16-18H,6-15H2,1-5H3;13-14H,2-12H2,1H3,(H,20,21)/t18-;14-/m11/s1. The van der Waals surface area contributed by atoms with Gasteiger partial charge >= 0.3 is 11.9 Å². The first-order valence-corrected chi connectivity index (χ1v) is 19.5. The normalized spacial score (nSPS) is 17.4. The molecule has 2 aromatic rings. The number of carboxylic acid groups (broad SMARTS) is 1. The molecule has 0 bridgehead atoms. The molecule has 2 atom stereocenters. The van der Waals surface area contributed by atoms with Gasteiger partial charge in [0.05, 0.1) is 12.8 Å². The lowest BCUT2D eigenvalue weighted by Gasteiger charge is -2.23. The predicted molar refractivity (Wildman–Crippen MR) is 190 cm³/mol. The van der Waals surface area contributed by atoms with Crippen LogP contribution in [-0.2, 0) is 27.2 Å². The highest BCUT2D eigenvalue weighted by molar-refractivity contribution is 5.70. The Morgan fingerprint density at radius 2 is 1.29 bits per heavy atom. The van der Waals surface area contributed by atoms with Crippen LogP contribution in [-0.4, -0.2) is 42.9 Å². The third-order valence-electron chi connectivity index (χ3n) is 9.76. The molecule has 10 heteroatoms. The van der Waals surface area contributed by atoms with Crippen LogP contribution in [0.2, 0.25) is 0 Å². The zero-order valence-electron chi connectivity index (χ0n) is 31.5. The molecule has 2 heterocycles. The Morgan fingerprint density at radius 3 is 1.76 bits per heavy atom. The second-order valence-electron chi connectivity index (χ2n) is 16.1. The molecule has 49 heavy (non-hydrogen) atoms. The molecule has 0 aromatic carbocycles. The Balaban J connectivity index is 0.000000271. The highest BCUT2D eigenvalue weighted by atomic mass is 16.6. The van der Waals surface area contributed by atoms with Gasteiger partial charge in [-0.15, -0.1) is 0 Å². The third-order valence-corrected chi connectivity index (χ3v) is 9.76. The van der Waals surface area contributed by atoms with Gasteiger partial charge < -0.3 is 18.9 Å². The lowest BCUT2D eigenvalue weighted by molar-refractivity contribution is -0.155. The molecule has 2 aliphatic rings. The monoisotopic (exact) mass is 686 g/mol. The van der Waals surface area contributed by atoms with Crippen LogP contribution < -0.4 is 0 Å². The summed E-state index contributed by atoms with van der Waals surface area (Å²) in [6.07, 6.45) is 22.8. The molecule has 2 aromatic heterocycles. The molecule has 1 N–H and O–H groups in total. The number of aliphatic carboxylic acids is 1. The summed E-state index contributed by atoms with van der Waals surface area (Å²) in [4.78, 5) is 32.4. The van der Waals surface area contributed by atoms with Gasteiger partial charge in [0.2, 0.25) is 11.8 Å². The van der Waals surface area contributed by atoms with Crippen molar-refractivity contribution < 1.29 is 28.5 Å². The minimum Gasteiger partial charge on any atom is -0.481 e. The van der Waals surface area contributed by atoms with Crippen molar-refractivity contribution in [3.63, 3.8) is 0 Å². The number of nitrogens with zero attached hydrogens (tertiary/aromatic N) is 4. The number of rotatable bonds is 18. The van der Waals surface area contributed by atoms with Crippen LogP contribution in [0.5, 0.6) is 0 Å². The number of aromatic nitrogens is 4. The van der Waals surface area contributed by atoms with Crippen molar-refractivity contribution in [2.24, 2.45) is 17.8 Å². The largest absolute Gasteiger partial charge is 0.481 e. The van der Waals surface area contributed by atoms with Crippen molar-refractivity contribution in [2.45, 2.75) is 194 Å². The van der Waals surface area contributed by atoms with Crippen LogP contribution in [0, 0.1) is 17.8 Å². The average Bonchev–Trinajstić information content (AvgIpc) is 3.70. The summed E-state index contributed by atoms with van der Waals surface area (Å²) in [5.41, 5.74) is -0.471. The van der Waals surface area contributed by atoms with Gasteiger partial charge in [0.1, 0.15) is 5.60 Å². The number of aryl methyl sites for hydroxylation is 1. The van der Waals surface area contributed by atoms with E-state index in [-0.39, 0.29) is 24.2 Å². The SMILES string of the molecule is CC(C)Cc1noc([C@H](CCCC2CCCCC2)CC(=O)OC(C)(C)C)n1.CCCc1noc([C@H](CCCC2CCCCC2)CC(=O)O)n1. The highest BCUT2D eigenvalue weighted by Crippen LogP contribution is 2.33. The Hall–Kier alpha value is -2.78. The zero-order valence-corrected chi connectivity index (χ0v) is 31.5. The molecule has 0 saturated heterocycles. The number of esters is 1. The minimum atomic E-state index is -0.794. The van der Waals surface area contributed by atoms with Crippen LogP contribution >= 0.6 is 0 Å². The minimum absolute atomic E-state index is 0.0446. The van der Waals surface area contributed by atoms with Crippen molar-refractivity contribution in [3.8, 4) is 0 Å². The highest BCUT2D eigenvalue weighted by Gasteiger charge is 2.27. The lowest BCUT2D eigenvalue weighted by Crippen LogP contribution is -2.25.